The van der Waals surface area contributed by atoms with Gasteiger partial charge in [0.1, 0.15) is 18.8 Å². The molecule has 0 N–H and O–H groups in total. The molecule has 9 nitrogen and oxygen atoms in total. The summed E-state index contributed by atoms with van der Waals surface area (Å²) in [5.74, 6) is -2.33. The summed E-state index contributed by atoms with van der Waals surface area (Å²) in [7, 11) is 0. The van der Waals surface area contributed by atoms with Crippen molar-refractivity contribution in [3.63, 3.8) is 0 Å². The van der Waals surface area contributed by atoms with Crippen LogP contribution in [0.4, 0.5) is 0 Å². The van der Waals surface area contributed by atoms with Gasteiger partial charge in [-0.2, -0.15) is 0 Å². The highest BCUT2D eigenvalue weighted by Gasteiger charge is 2.45. The maximum atomic E-state index is 11.2. The second-order valence-electron chi connectivity index (χ2n) is 4.97. The normalized spacial score (nSPS) is 24.4. The SMILES string of the molecule is CC(=O)OC[C@H](OC(C)=O)[C@@H]1O[C@@H](OC(C)=O)C[C@H]1OC(C)=O. The third-order valence-corrected chi connectivity index (χ3v) is 2.85. The first-order valence-corrected chi connectivity index (χ1v) is 6.99. The van der Waals surface area contributed by atoms with Gasteiger partial charge in [0.25, 0.3) is 0 Å². The number of carbonyl (C=O) groups excluding carboxylic acids is 4. The number of esters is 4. The van der Waals surface area contributed by atoms with E-state index in [0.717, 1.165) is 0 Å². The molecule has 0 unspecified atom stereocenters. The Balaban J connectivity index is 2.87. The Labute approximate surface area is 133 Å². The van der Waals surface area contributed by atoms with Gasteiger partial charge in [0, 0.05) is 27.7 Å². The molecule has 1 fully saturated rings. The summed E-state index contributed by atoms with van der Waals surface area (Å²) in [6, 6.07) is 0. The molecule has 1 aliphatic rings. The molecule has 0 saturated carbocycles. The van der Waals surface area contributed by atoms with E-state index in [-0.39, 0.29) is 13.0 Å². The topological polar surface area (TPSA) is 114 Å². The predicted octanol–water partition coefficient (Wildman–Crippen LogP) is 0.0910. The highest BCUT2D eigenvalue weighted by molar-refractivity contribution is 5.68. The van der Waals surface area contributed by atoms with Crippen molar-refractivity contribution in [2.45, 2.75) is 58.7 Å². The van der Waals surface area contributed by atoms with Gasteiger partial charge < -0.3 is 23.7 Å². The number of rotatable bonds is 6. The molecule has 1 aliphatic heterocycles. The van der Waals surface area contributed by atoms with Gasteiger partial charge in [-0.15, -0.1) is 0 Å². The maximum Gasteiger partial charge on any atom is 0.304 e. The average molecular weight is 332 g/mol. The monoisotopic (exact) mass is 332 g/mol. The summed E-state index contributed by atoms with van der Waals surface area (Å²) in [6.07, 6.45) is -3.59. The molecule has 0 spiro atoms. The number of ether oxygens (including phenoxy) is 5. The second kappa shape index (κ2) is 8.47. The van der Waals surface area contributed by atoms with Gasteiger partial charge >= 0.3 is 23.9 Å². The fourth-order valence-electron chi connectivity index (χ4n) is 2.17. The maximum absolute atomic E-state index is 11.2. The first kappa shape index (κ1) is 18.9. The zero-order chi connectivity index (χ0) is 17.6. The first-order chi connectivity index (χ1) is 10.7. The number of hydrogen-bond donors (Lipinski definition) is 0. The summed E-state index contributed by atoms with van der Waals surface area (Å²) >= 11 is 0. The lowest BCUT2D eigenvalue weighted by molar-refractivity contribution is -0.194. The average Bonchev–Trinajstić information content (AvgIpc) is 2.74. The third-order valence-electron chi connectivity index (χ3n) is 2.85. The van der Waals surface area contributed by atoms with E-state index < -0.39 is 48.5 Å². The minimum atomic E-state index is -0.999. The number of hydrogen-bond acceptors (Lipinski definition) is 9. The lowest BCUT2D eigenvalue weighted by atomic mass is 10.1. The van der Waals surface area contributed by atoms with Gasteiger partial charge in [0.05, 0.1) is 6.42 Å². The van der Waals surface area contributed by atoms with Crippen LogP contribution >= 0.6 is 0 Å². The van der Waals surface area contributed by atoms with Crippen molar-refractivity contribution >= 4 is 23.9 Å². The quantitative estimate of drug-likeness (QED) is 0.493. The van der Waals surface area contributed by atoms with Crippen molar-refractivity contribution in [3.8, 4) is 0 Å². The van der Waals surface area contributed by atoms with Gasteiger partial charge in [0.2, 0.25) is 6.29 Å². The van der Waals surface area contributed by atoms with Gasteiger partial charge in [-0.05, 0) is 0 Å². The largest absolute Gasteiger partial charge is 0.462 e. The van der Waals surface area contributed by atoms with Crippen molar-refractivity contribution in [1.82, 2.24) is 0 Å². The zero-order valence-electron chi connectivity index (χ0n) is 13.4. The number of carbonyl (C=O) groups is 4. The second-order valence-corrected chi connectivity index (χ2v) is 4.97. The molecule has 23 heavy (non-hydrogen) atoms. The van der Waals surface area contributed by atoms with Crippen molar-refractivity contribution in [3.05, 3.63) is 0 Å². The molecular weight excluding hydrogens is 312 g/mol. The fraction of sp³-hybridized carbons (Fsp3) is 0.714. The molecule has 0 aromatic rings. The van der Waals surface area contributed by atoms with Gasteiger partial charge in [-0.1, -0.05) is 0 Å². The van der Waals surface area contributed by atoms with Gasteiger partial charge in [-0.25, -0.2) is 0 Å². The highest BCUT2D eigenvalue weighted by atomic mass is 16.7. The molecule has 130 valence electrons. The fourth-order valence-corrected chi connectivity index (χ4v) is 2.17. The van der Waals surface area contributed by atoms with Crippen molar-refractivity contribution in [2.75, 3.05) is 6.61 Å². The Kier molecular flexibility index (Phi) is 6.95. The van der Waals surface area contributed by atoms with Crippen LogP contribution in [0.1, 0.15) is 34.1 Å². The molecule has 9 heteroatoms. The molecule has 0 aromatic carbocycles. The van der Waals surface area contributed by atoms with E-state index in [1.54, 1.807) is 0 Å². The minimum Gasteiger partial charge on any atom is -0.462 e. The summed E-state index contributed by atoms with van der Waals surface area (Å²) in [5, 5.41) is 0. The van der Waals surface area contributed by atoms with E-state index in [1.165, 1.54) is 27.7 Å². The van der Waals surface area contributed by atoms with Crippen LogP contribution in [-0.2, 0) is 42.9 Å². The van der Waals surface area contributed by atoms with Crippen LogP contribution in [0.3, 0.4) is 0 Å². The van der Waals surface area contributed by atoms with Crippen molar-refractivity contribution in [2.24, 2.45) is 0 Å². The first-order valence-electron chi connectivity index (χ1n) is 6.99. The van der Waals surface area contributed by atoms with Crippen LogP contribution in [0, 0.1) is 0 Å². The Hall–Kier alpha value is -2.16. The van der Waals surface area contributed by atoms with E-state index in [4.69, 9.17) is 23.7 Å². The van der Waals surface area contributed by atoms with Crippen molar-refractivity contribution in [1.29, 1.82) is 0 Å². The van der Waals surface area contributed by atoms with Crippen LogP contribution in [-0.4, -0.2) is 55.1 Å². The van der Waals surface area contributed by atoms with E-state index in [2.05, 4.69) is 0 Å². The Morgan fingerprint density at radius 3 is 2.04 bits per heavy atom. The molecule has 1 heterocycles. The third kappa shape index (κ3) is 6.64. The lowest BCUT2D eigenvalue weighted by Gasteiger charge is -2.26. The van der Waals surface area contributed by atoms with Crippen molar-refractivity contribution < 1.29 is 42.9 Å². The minimum absolute atomic E-state index is 0.0850. The molecule has 0 aromatic heterocycles. The van der Waals surface area contributed by atoms with Crippen LogP contribution in [0.15, 0.2) is 0 Å². The summed E-state index contributed by atoms with van der Waals surface area (Å²) < 4.78 is 25.5. The predicted molar refractivity (Wildman–Crippen MR) is 72.8 cm³/mol. The Bertz CT molecular complexity index is 473. The Morgan fingerprint density at radius 1 is 0.957 bits per heavy atom. The molecule has 4 atom stereocenters. The van der Waals surface area contributed by atoms with E-state index >= 15 is 0 Å². The lowest BCUT2D eigenvalue weighted by Crippen LogP contribution is -2.42. The summed E-state index contributed by atoms with van der Waals surface area (Å²) in [5.41, 5.74) is 0. The molecular formula is C14H20O9. The standard InChI is InChI=1S/C14H20O9/c1-7(15)19-6-12(21-9(3)17)14-11(20-8(2)16)5-13(23-14)22-10(4)18/h11-14H,5-6H2,1-4H3/t11-,12+,13-,14-/m1/s1. The van der Waals surface area contributed by atoms with Crippen LogP contribution in [0.5, 0.6) is 0 Å². The van der Waals surface area contributed by atoms with E-state index in [0.29, 0.717) is 0 Å². The molecule has 0 amide bonds. The van der Waals surface area contributed by atoms with Gasteiger partial charge in [-0.3, -0.25) is 19.2 Å². The van der Waals surface area contributed by atoms with E-state index in [9.17, 15) is 19.2 Å². The van der Waals surface area contributed by atoms with Crippen LogP contribution < -0.4 is 0 Å². The molecule has 0 bridgehead atoms. The highest BCUT2D eigenvalue weighted by Crippen LogP contribution is 2.28. The van der Waals surface area contributed by atoms with Crippen LogP contribution in [0.2, 0.25) is 0 Å². The molecule has 1 saturated heterocycles. The zero-order valence-corrected chi connectivity index (χ0v) is 13.4. The van der Waals surface area contributed by atoms with Crippen LogP contribution in [0.25, 0.3) is 0 Å². The summed E-state index contributed by atoms with van der Waals surface area (Å²) in [4.78, 5) is 44.4. The molecule has 0 radical (unpaired) electrons. The Morgan fingerprint density at radius 2 is 1.57 bits per heavy atom. The summed E-state index contributed by atoms with van der Waals surface area (Å²) in [6.45, 7) is 4.53. The van der Waals surface area contributed by atoms with Gasteiger partial charge in [0.15, 0.2) is 6.10 Å². The van der Waals surface area contributed by atoms with E-state index in [1.807, 2.05) is 0 Å². The smallest absolute Gasteiger partial charge is 0.304 e. The molecule has 1 rings (SSSR count). The molecule has 0 aliphatic carbocycles.